The lowest BCUT2D eigenvalue weighted by atomic mass is 10.1. The van der Waals surface area contributed by atoms with Gasteiger partial charge in [0.2, 0.25) is 5.78 Å². The second kappa shape index (κ2) is 4.76. The minimum Gasteiger partial charge on any atom is -0.287 e. The second-order valence-electron chi connectivity index (χ2n) is 3.76. The van der Waals surface area contributed by atoms with Gasteiger partial charge < -0.3 is 0 Å². The maximum absolute atomic E-state index is 12.7. The van der Waals surface area contributed by atoms with Crippen LogP contribution in [0.5, 0.6) is 0 Å². The van der Waals surface area contributed by atoms with Crippen LogP contribution in [-0.4, -0.2) is 20.8 Å². The molecule has 0 saturated carbocycles. The summed E-state index contributed by atoms with van der Waals surface area (Å²) >= 11 is 2.82. The maximum atomic E-state index is 12.7. The number of ketones is 1. The molecule has 8 heteroatoms. The number of halogens is 4. The zero-order valence-electron chi connectivity index (χ0n) is 9.57. The first-order chi connectivity index (χ1) is 8.80. The van der Waals surface area contributed by atoms with Crippen molar-refractivity contribution in [3.05, 3.63) is 45.7 Å². The monoisotopic (exact) mass is 333 g/mol. The van der Waals surface area contributed by atoms with E-state index in [-0.39, 0.29) is 15.7 Å². The standard InChI is InChI=1S/C11H7BrF3N3O/c1-18-9(5-16-17-18)10(19)6-2-3-8(12)7(4-6)11(13,14)15/h2-5H,1H3. The van der Waals surface area contributed by atoms with Crippen LogP contribution in [0.2, 0.25) is 0 Å². The molecule has 0 aliphatic carbocycles. The summed E-state index contributed by atoms with van der Waals surface area (Å²) < 4.78 is 39.3. The molecule has 1 heterocycles. The van der Waals surface area contributed by atoms with Gasteiger partial charge >= 0.3 is 6.18 Å². The van der Waals surface area contributed by atoms with Crippen molar-refractivity contribution in [3.63, 3.8) is 0 Å². The fourth-order valence-corrected chi connectivity index (χ4v) is 2.00. The molecule has 0 N–H and O–H groups in total. The minimum absolute atomic E-state index is 0.0686. The number of hydrogen-bond donors (Lipinski definition) is 0. The van der Waals surface area contributed by atoms with Gasteiger partial charge in [-0.15, -0.1) is 5.10 Å². The predicted molar refractivity (Wildman–Crippen MR) is 63.6 cm³/mol. The zero-order valence-corrected chi connectivity index (χ0v) is 11.2. The molecule has 1 aromatic carbocycles. The number of alkyl halides is 3. The SMILES string of the molecule is Cn1nncc1C(=O)c1ccc(Br)c(C(F)(F)F)c1. The summed E-state index contributed by atoms with van der Waals surface area (Å²) in [5.41, 5.74) is -0.843. The first-order valence-electron chi connectivity index (χ1n) is 5.07. The molecule has 0 saturated heterocycles. The van der Waals surface area contributed by atoms with Gasteiger partial charge in [-0.3, -0.25) is 4.79 Å². The molecule has 2 aromatic rings. The van der Waals surface area contributed by atoms with E-state index in [4.69, 9.17) is 0 Å². The van der Waals surface area contributed by atoms with Crippen molar-refractivity contribution < 1.29 is 18.0 Å². The van der Waals surface area contributed by atoms with E-state index in [9.17, 15) is 18.0 Å². The van der Waals surface area contributed by atoms with E-state index in [1.54, 1.807) is 0 Å². The predicted octanol–water partition coefficient (Wildman–Crippen LogP) is 2.83. The highest BCUT2D eigenvalue weighted by molar-refractivity contribution is 9.10. The molecule has 0 aliphatic rings. The number of benzene rings is 1. The van der Waals surface area contributed by atoms with Crippen LogP contribution in [-0.2, 0) is 13.2 Å². The third-order valence-corrected chi connectivity index (χ3v) is 3.17. The summed E-state index contributed by atoms with van der Waals surface area (Å²) in [5, 5.41) is 7.08. The fourth-order valence-electron chi connectivity index (χ4n) is 1.53. The van der Waals surface area contributed by atoms with Gasteiger partial charge in [0.25, 0.3) is 0 Å². The van der Waals surface area contributed by atoms with E-state index in [0.717, 1.165) is 6.07 Å². The van der Waals surface area contributed by atoms with Crippen LogP contribution >= 0.6 is 15.9 Å². The van der Waals surface area contributed by atoms with E-state index >= 15 is 0 Å². The van der Waals surface area contributed by atoms with Crippen molar-refractivity contribution in [2.45, 2.75) is 6.18 Å². The molecule has 0 unspecified atom stereocenters. The molecule has 0 amide bonds. The van der Waals surface area contributed by atoms with E-state index in [2.05, 4.69) is 26.2 Å². The lowest BCUT2D eigenvalue weighted by Gasteiger charge is -2.10. The van der Waals surface area contributed by atoms with Crippen molar-refractivity contribution >= 4 is 21.7 Å². The smallest absolute Gasteiger partial charge is 0.287 e. The number of carbonyl (C=O) groups excluding carboxylic acids is 1. The number of rotatable bonds is 2. The minimum atomic E-state index is -4.53. The van der Waals surface area contributed by atoms with Gasteiger partial charge in [-0.2, -0.15) is 13.2 Å². The maximum Gasteiger partial charge on any atom is 0.417 e. The summed E-state index contributed by atoms with van der Waals surface area (Å²) in [5.74, 6) is -0.564. The van der Waals surface area contributed by atoms with E-state index in [0.29, 0.717) is 0 Å². The topological polar surface area (TPSA) is 47.8 Å². The highest BCUT2D eigenvalue weighted by Crippen LogP contribution is 2.35. The van der Waals surface area contributed by atoms with Crippen LogP contribution in [0.15, 0.2) is 28.9 Å². The normalized spacial score (nSPS) is 11.6. The molecule has 0 aliphatic heterocycles. The third-order valence-electron chi connectivity index (χ3n) is 2.48. The van der Waals surface area contributed by atoms with E-state index < -0.39 is 17.5 Å². The molecular formula is C11H7BrF3N3O. The van der Waals surface area contributed by atoms with Crippen LogP contribution in [0.1, 0.15) is 21.6 Å². The van der Waals surface area contributed by atoms with Crippen molar-refractivity contribution in [2.24, 2.45) is 7.05 Å². The lowest BCUT2D eigenvalue weighted by Crippen LogP contribution is -2.11. The van der Waals surface area contributed by atoms with Gasteiger partial charge in [0.1, 0.15) is 5.69 Å². The quantitative estimate of drug-likeness (QED) is 0.794. The van der Waals surface area contributed by atoms with E-state index in [1.807, 2.05) is 0 Å². The molecule has 1 aromatic heterocycles. The van der Waals surface area contributed by atoms with Crippen LogP contribution < -0.4 is 0 Å². The van der Waals surface area contributed by atoms with Gasteiger partial charge in [-0.25, -0.2) is 4.68 Å². The van der Waals surface area contributed by atoms with E-state index in [1.165, 1.54) is 30.1 Å². The summed E-state index contributed by atoms with van der Waals surface area (Å²) in [6.45, 7) is 0. The summed E-state index contributed by atoms with van der Waals surface area (Å²) in [6.07, 6.45) is -3.32. The largest absolute Gasteiger partial charge is 0.417 e. The summed E-state index contributed by atoms with van der Waals surface area (Å²) in [4.78, 5) is 12.0. The van der Waals surface area contributed by atoms with Gasteiger partial charge in [-0.1, -0.05) is 21.1 Å². The molecular weight excluding hydrogens is 327 g/mol. The number of aryl methyl sites for hydroxylation is 1. The Morgan fingerprint density at radius 3 is 2.58 bits per heavy atom. The molecule has 100 valence electrons. The van der Waals surface area contributed by atoms with Crippen molar-refractivity contribution in [1.82, 2.24) is 15.0 Å². The number of carbonyl (C=O) groups is 1. The van der Waals surface area contributed by atoms with Crippen molar-refractivity contribution in [1.29, 1.82) is 0 Å². The number of hydrogen-bond acceptors (Lipinski definition) is 3. The van der Waals surface area contributed by atoms with Crippen LogP contribution in [0, 0.1) is 0 Å². The van der Waals surface area contributed by atoms with Crippen molar-refractivity contribution in [3.8, 4) is 0 Å². The van der Waals surface area contributed by atoms with Crippen LogP contribution in [0.4, 0.5) is 13.2 Å². The highest BCUT2D eigenvalue weighted by Gasteiger charge is 2.33. The Labute approximate surface area is 114 Å². The number of aromatic nitrogens is 3. The molecule has 4 nitrogen and oxygen atoms in total. The van der Waals surface area contributed by atoms with Gasteiger partial charge in [0, 0.05) is 17.1 Å². The molecule has 2 rings (SSSR count). The molecule has 0 bridgehead atoms. The van der Waals surface area contributed by atoms with Gasteiger partial charge in [-0.05, 0) is 18.2 Å². The average Bonchev–Trinajstić information content (AvgIpc) is 2.73. The molecule has 19 heavy (non-hydrogen) atoms. The Bertz CT molecular complexity index is 636. The summed E-state index contributed by atoms with van der Waals surface area (Å²) in [6, 6.07) is 3.31. The Morgan fingerprint density at radius 2 is 2.05 bits per heavy atom. The Kier molecular flexibility index (Phi) is 3.44. The van der Waals surface area contributed by atoms with Gasteiger partial charge in [0.05, 0.1) is 11.8 Å². The highest BCUT2D eigenvalue weighted by atomic mass is 79.9. The first kappa shape index (κ1) is 13.7. The molecule has 0 atom stereocenters. The second-order valence-corrected chi connectivity index (χ2v) is 4.62. The fraction of sp³-hybridized carbons (Fsp3) is 0.182. The van der Waals surface area contributed by atoms with Crippen LogP contribution in [0.3, 0.4) is 0 Å². The molecule has 0 radical (unpaired) electrons. The zero-order chi connectivity index (χ0) is 14.2. The van der Waals surface area contributed by atoms with Crippen molar-refractivity contribution in [2.75, 3.05) is 0 Å². The van der Waals surface area contributed by atoms with Gasteiger partial charge in [0.15, 0.2) is 0 Å². The lowest BCUT2D eigenvalue weighted by molar-refractivity contribution is -0.138. The van der Waals surface area contributed by atoms with Crippen LogP contribution in [0.25, 0.3) is 0 Å². The summed E-state index contributed by atoms with van der Waals surface area (Å²) in [7, 11) is 1.49. The first-order valence-corrected chi connectivity index (χ1v) is 5.86. The average molecular weight is 334 g/mol. The Morgan fingerprint density at radius 1 is 1.37 bits per heavy atom. The molecule has 0 fully saturated rings. The molecule has 0 spiro atoms. The Balaban J connectivity index is 2.48. The Hall–Kier alpha value is -1.70. The number of nitrogens with zero attached hydrogens (tertiary/aromatic N) is 3. The third kappa shape index (κ3) is 2.67.